The monoisotopic (exact) mass is 275 g/mol. The van der Waals surface area contributed by atoms with Crippen LogP contribution in [0.25, 0.3) is 0 Å². The van der Waals surface area contributed by atoms with Crippen LogP contribution in [0.2, 0.25) is 0 Å². The Balaban J connectivity index is 2.27. The predicted octanol–water partition coefficient (Wildman–Crippen LogP) is 2.89. The van der Waals surface area contributed by atoms with Crippen LogP contribution in [0.1, 0.15) is 11.1 Å². The Morgan fingerprint density at radius 2 is 1.70 bits per heavy atom. The number of amidine groups is 1. The van der Waals surface area contributed by atoms with Gasteiger partial charge >= 0.3 is 0 Å². The summed E-state index contributed by atoms with van der Waals surface area (Å²) >= 11 is 0. The minimum absolute atomic E-state index is 0.189. The molecule has 0 bridgehead atoms. The Kier molecular flexibility index (Phi) is 3.98. The molecule has 0 heterocycles. The lowest BCUT2D eigenvalue weighted by Crippen LogP contribution is -2.22. The second-order valence-corrected chi connectivity index (χ2v) is 4.56. The smallest absolute Gasteiger partial charge is 0.125 e. The number of nitrogens with two attached hydrogens (primary N) is 1. The average molecular weight is 275 g/mol. The number of nitrogens with one attached hydrogen (secondary N) is 1. The Bertz CT molecular complexity index is 624. The van der Waals surface area contributed by atoms with E-state index >= 15 is 0 Å². The highest BCUT2D eigenvalue weighted by molar-refractivity contribution is 6.00. The molecule has 5 heteroatoms. The summed E-state index contributed by atoms with van der Waals surface area (Å²) in [6.45, 7) is 0.506. The van der Waals surface area contributed by atoms with E-state index in [9.17, 15) is 8.78 Å². The van der Waals surface area contributed by atoms with Crippen LogP contribution in [-0.4, -0.2) is 12.9 Å². The summed E-state index contributed by atoms with van der Waals surface area (Å²) in [5, 5.41) is 7.51. The fourth-order valence-electron chi connectivity index (χ4n) is 2.01. The molecule has 0 aromatic heterocycles. The van der Waals surface area contributed by atoms with Crippen LogP contribution >= 0.6 is 0 Å². The van der Waals surface area contributed by atoms with Crippen molar-refractivity contribution in [3.8, 4) is 0 Å². The van der Waals surface area contributed by atoms with Gasteiger partial charge < -0.3 is 10.6 Å². The number of halogens is 2. The molecule has 20 heavy (non-hydrogen) atoms. The van der Waals surface area contributed by atoms with E-state index in [0.29, 0.717) is 17.8 Å². The molecule has 2 aromatic carbocycles. The third-order valence-corrected chi connectivity index (χ3v) is 2.99. The summed E-state index contributed by atoms with van der Waals surface area (Å²) in [6.07, 6.45) is 0. The number of rotatable bonds is 4. The zero-order valence-electron chi connectivity index (χ0n) is 11.0. The van der Waals surface area contributed by atoms with Crippen molar-refractivity contribution < 1.29 is 8.78 Å². The minimum atomic E-state index is -0.436. The van der Waals surface area contributed by atoms with Crippen LogP contribution in [-0.2, 0) is 6.54 Å². The molecule has 0 amide bonds. The molecule has 0 aliphatic carbocycles. The maximum absolute atomic E-state index is 13.2. The van der Waals surface area contributed by atoms with Gasteiger partial charge in [-0.05, 0) is 35.9 Å². The third-order valence-electron chi connectivity index (χ3n) is 2.99. The zero-order chi connectivity index (χ0) is 14.7. The second-order valence-electron chi connectivity index (χ2n) is 4.56. The molecular formula is C15H15F2N3. The van der Waals surface area contributed by atoms with Crippen molar-refractivity contribution in [1.29, 1.82) is 5.41 Å². The summed E-state index contributed by atoms with van der Waals surface area (Å²) in [5.41, 5.74) is 7.38. The first-order valence-electron chi connectivity index (χ1n) is 6.07. The number of nitrogens with zero attached hydrogens (tertiary/aromatic N) is 1. The lowest BCUT2D eigenvalue weighted by Gasteiger charge is -2.22. The van der Waals surface area contributed by atoms with Gasteiger partial charge in [-0.15, -0.1) is 0 Å². The highest BCUT2D eigenvalue weighted by Gasteiger charge is 2.11. The van der Waals surface area contributed by atoms with E-state index in [1.165, 1.54) is 24.3 Å². The number of hydrogen-bond donors (Lipinski definition) is 2. The van der Waals surface area contributed by atoms with Crippen LogP contribution in [0.3, 0.4) is 0 Å². The Hall–Kier alpha value is -2.43. The van der Waals surface area contributed by atoms with Crippen molar-refractivity contribution >= 4 is 11.5 Å². The van der Waals surface area contributed by atoms with Gasteiger partial charge in [-0.3, -0.25) is 5.41 Å². The zero-order valence-corrected chi connectivity index (χ0v) is 11.0. The fraction of sp³-hybridized carbons (Fsp3) is 0.133. The van der Waals surface area contributed by atoms with E-state index in [2.05, 4.69) is 0 Å². The van der Waals surface area contributed by atoms with Gasteiger partial charge in [0, 0.05) is 24.8 Å². The van der Waals surface area contributed by atoms with E-state index in [1.807, 2.05) is 11.9 Å². The Morgan fingerprint density at radius 3 is 2.30 bits per heavy atom. The fourth-order valence-corrected chi connectivity index (χ4v) is 2.01. The van der Waals surface area contributed by atoms with E-state index in [1.54, 1.807) is 18.2 Å². The first-order valence-corrected chi connectivity index (χ1v) is 6.07. The number of hydrogen-bond acceptors (Lipinski definition) is 2. The van der Waals surface area contributed by atoms with Gasteiger partial charge in [-0.1, -0.05) is 12.1 Å². The molecule has 0 spiro atoms. The molecule has 0 aliphatic heterocycles. The maximum Gasteiger partial charge on any atom is 0.125 e. The first-order chi connectivity index (χ1) is 9.47. The summed E-state index contributed by atoms with van der Waals surface area (Å²) in [4.78, 5) is 1.84. The summed E-state index contributed by atoms with van der Waals surface area (Å²) in [7, 11) is 1.81. The maximum atomic E-state index is 13.2. The van der Waals surface area contributed by atoms with Crippen molar-refractivity contribution in [2.75, 3.05) is 11.9 Å². The lowest BCUT2D eigenvalue weighted by molar-refractivity contribution is 0.626. The molecule has 0 radical (unpaired) electrons. The predicted molar refractivity (Wildman–Crippen MR) is 75.9 cm³/mol. The quantitative estimate of drug-likeness (QED) is 0.666. The molecule has 0 unspecified atom stereocenters. The van der Waals surface area contributed by atoms with Gasteiger partial charge in [-0.2, -0.15) is 0 Å². The molecule has 2 aromatic rings. The molecule has 0 aliphatic rings. The number of benzene rings is 2. The second kappa shape index (κ2) is 5.69. The number of nitrogen functional groups attached to an aromatic ring is 1. The van der Waals surface area contributed by atoms with Crippen LogP contribution in [0.15, 0.2) is 42.5 Å². The van der Waals surface area contributed by atoms with Crippen molar-refractivity contribution in [2.45, 2.75) is 6.54 Å². The van der Waals surface area contributed by atoms with Gasteiger partial charge in [0.15, 0.2) is 0 Å². The Labute approximate surface area is 116 Å². The molecule has 3 nitrogen and oxygen atoms in total. The van der Waals surface area contributed by atoms with Crippen molar-refractivity contribution in [3.05, 3.63) is 65.2 Å². The number of anilines is 1. The van der Waals surface area contributed by atoms with Crippen molar-refractivity contribution in [3.63, 3.8) is 0 Å². The standard InChI is InChI=1S/C15H15F2N3/c1-20(9-10-2-4-11(16)5-3-10)14-7-6-12(17)8-13(14)15(18)19/h2-8H,9H2,1H3,(H3,18,19). The average Bonchev–Trinajstić information content (AvgIpc) is 2.41. The van der Waals surface area contributed by atoms with Crippen LogP contribution in [0.5, 0.6) is 0 Å². The molecule has 0 saturated heterocycles. The van der Waals surface area contributed by atoms with Gasteiger partial charge in [0.25, 0.3) is 0 Å². The van der Waals surface area contributed by atoms with E-state index < -0.39 is 5.82 Å². The van der Waals surface area contributed by atoms with E-state index in [4.69, 9.17) is 11.1 Å². The van der Waals surface area contributed by atoms with Crippen LogP contribution < -0.4 is 10.6 Å². The van der Waals surface area contributed by atoms with Crippen LogP contribution in [0, 0.1) is 17.0 Å². The molecule has 0 fully saturated rings. The van der Waals surface area contributed by atoms with Gasteiger partial charge in [0.1, 0.15) is 17.5 Å². The normalized spacial score (nSPS) is 10.3. The molecule has 2 rings (SSSR count). The van der Waals surface area contributed by atoms with Gasteiger partial charge in [0.05, 0.1) is 0 Å². The van der Waals surface area contributed by atoms with E-state index in [0.717, 1.165) is 5.56 Å². The van der Waals surface area contributed by atoms with Gasteiger partial charge in [-0.25, -0.2) is 8.78 Å². The highest BCUT2D eigenvalue weighted by atomic mass is 19.1. The highest BCUT2D eigenvalue weighted by Crippen LogP contribution is 2.22. The van der Waals surface area contributed by atoms with Crippen molar-refractivity contribution in [2.24, 2.45) is 5.73 Å². The molecule has 104 valence electrons. The molecule has 0 saturated carbocycles. The lowest BCUT2D eigenvalue weighted by atomic mass is 10.1. The third kappa shape index (κ3) is 3.12. The largest absolute Gasteiger partial charge is 0.384 e. The summed E-state index contributed by atoms with van der Waals surface area (Å²) < 4.78 is 26.1. The first kappa shape index (κ1) is 14.0. The van der Waals surface area contributed by atoms with Gasteiger partial charge in [0.2, 0.25) is 0 Å². The Morgan fingerprint density at radius 1 is 1.10 bits per heavy atom. The summed E-state index contributed by atoms with van der Waals surface area (Å²) in [6, 6.07) is 10.3. The SMILES string of the molecule is CN(Cc1ccc(F)cc1)c1ccc(F)cc1C(=N)N. The van der Waals surface area contributed by atoms with Crippen LogP contribution in [0.4, 0.5) is 14.5 Å². The molecule has 0 atom stereocenters. The molecular weight excluding hydrogens is 260 g/mol. The topological polar surface area (TPSA) is 53.1 Å². The molecule has 3 N–H and O–H groups in total. The van der Waals surface area contributed by atoms with Crippen molar-refractivity contribution in [1.82, 2.24) is 0 Å². The minimum Gasteiger partial charge on any atom is -0.384 e. The summed E-state index contributed by atoms with van der Waals surface area (Å²) in [5.74, 6) is -0.915. The van der Waals surface area contributed by atoms with E-state index in [-0.39, 0.29) is 11.7 Å².